The highest BCUT2D eigenvalue weighted by Crippen LogP contribution is 2.47. The zero-order valence-electron chi connectivity index (χ0n) is 30.2. The quantitative estimate of drug-likeness (QED) is 0.178. The summed E-state index contributed by atoms with van der Waals surface area (Å²) in [5.41, 5.74) is 12.3. The van der Waals surface area contributed by atoms with E-state index in [9.17, 15) is 0 Å². The zero-order chi connectivity index (χ0) is 36.7. The summed E-state index contributed by atoms with van der Waals surface area (Å²) in [5, 5.41) is 6.68. The van der Waals surface area contributed by atoms with Crippen molar-refractivity contribution in [2.45, 2.75) is 12.0 Å². The third-order valence-electron chi connectivity index (χ3n) is 11.6. The van der Waals surface area contributed by atoms with Crippen LogP contribution in [0.5, 0.6) is 5.75 Å². The Morgan fingerprint density at radius 3 is 2.12 bits per heavy atom. The average Bonchev–Trinajstić information content (AvgIpc) is 3.95. The molecule has 56 heavy (non-hydrogen) atoms. The molecule has 1 aliphatic carbocycles. The van der Waals surface area contributed by atoms with Crippen LogP contribution in [0.15, 0.2) is 197 Å². The van der Waals surface area contributed by atoms with Crippen LogP contribution in [0, 0.1) is 0 Å². The largest absolute Gasteiger partial charge is 0.485 e. The predicted molar refractivity (Wildman–Crippen MR) is 229 cm³/mol. The number of nitrogens with zero attached hydrogens (tertiary/aromatic N) is 1. The Morgan fingerprint density at radius 1 is 0.500 bits per heavy atom. The highest BCUT2D eigenvalue weighted by Gasteiger charge is 2.33. The Hall–Kier alpha value is -7.30. The van der Waals surface area contributed by atoms with E-state index in [1.165, 1.54) is 16.3 Å². The number of fused-ring (bicyclic) bond motifs is 10. The normalized spacial score (nSPS) is 16.0. The molecule has 0 fully saturated rings. The number of hydrogen-bond donors (Lipinski definition) is 0. The predicted octanol–water partition coefficient (Wildman–Crippen LogP) is 14.3. The second-order valence-corrected chi connectivity index (χ2v) is 14.8. The first-order valence-electron chi connectivity index (χ1n) is 19.2. The maximum absolute atomic E-state index is 6.85. The van der Waals surface area contributed by atoms with Crippen LogP contribution in [0.3, 0.4) is 0 Å². The molecule has 0 saturated heterocycles. The lowest BCUT2D eigenvalue weighted by Crippen LogP contribution is -2.17. The number of benzene rings is 8. The van der Waals surface area contributed by atoms with Crippen LogP contribution in [-0.4, -0.2) is 6.10 Å². The van der Waals surface area contributed by atoms with Crippen molar-refractivity contribution in [1.29, 1.82) is 0 Å². The van der Waals surface area contributed by atoms with Crippen LogP contribution >= 0.6 is 0 Å². The number of furan rings is 2. The SMILES string of the molecule is C1=CC2c3ccccc3OC2C=C1c1ccc2oc3ccc(-c4cccc5c4oc4cccc(N(c6ccccc6)c6cccc7ccccc67)c45)cc3c2c1. The second-order valence-electron chi connectivity index (χ2n) is 14.8. The van der Waals surface area contributed by atoms with Gasteiger partial charge in [-0.3, -0.25) is 0 Å². The van der Waals surface area contributed by atoms with Gasteiger partial charge in [0.15, 0.2) is 0 Å². The molecule has 0 spiro atoms. The second kappa shape index (κ2) is 12.1. The van der Waals surface area contributed by atoms with E-state index >= 15 is 0 Å². The molecule has 4 heteroatoms. The molecule has 264 valence electrons. The fraction of sp³-hybridized carbons (Fsp3) is 0.0385. The van der Waals surface area contributed by atoms with Gasteiger partial charge in [0.1, 0.15) is 34.2 Å². The molecule has 4 nitrogen and oxygen atoms in total. The summed E-state index contributed by atoms with van der Waals surface area (Å²) in [6.45, 7) is 0. The molecule has 2 unspecified atom stereocenters. The molecule has 10 aromatic rings. The summed E-state index contributed by atoms with van der Waals surface area (Å²) < 4.78 is 19.6. The van der Waals surface area contributed by atoms with E-state index in [0.29, 0.717) is 0 Å². The Bertz CT molecular complexity index is 3250. The molecule has 2 atom stereocenters. The maximum atomic E-state index is 6.85. The number of rotatable bonds is 5. The van der Waals surface area contributed by atoms with Gasteiger partial charge in [-0.2, -0.15) is 0 Å². The number of anilines is 3. The van der Waals surface area contributed by atoms with Crippen LogP contribution < -0.4 is 9.64 Å². The molecule has 2 aromatic heterocycles. The van der Waals surface area contributed by atoms with Gasteiger partial charge in [-0.05, 0) is 88.8 Å². The number of allylic oxidation sites excluding steroid dienone is 2. The fourth-order valence-corrected chi connectivity index (χ4v) is 9.00. The minimum Gasteiger partial charge on any atom is -0.485 e. The fourth-order valence-electron chi connectivity index (χ4n) is 9.00. The molecule has 0 saturated carbocycles. The number of para-hydroxylation sites is 3. The number of hydrogen-bond acceptors (Lipinski definition) is 4. The molecule has 1 aliphatic heterocycles. The summed E-state index contributed by atoms with van der Waals surface area (Å²) in [7, 11) is 0. The molecular formula is C52H33NO3. The van der Waals surface area contributed by atoms with Gasteiger partial charge in [-0.25, -0.2) is 0 Å². The lowest BCUT2D eigenvalue weighted by molar-refractivity contribution is 0.269. The average molecular weight is 720 g/mol. The molecule has 12 rings (SSSR count). The third kappa shape index (κ3) is 4.72. The van der Waals surface area contributed by atoms with Gasteiger partial charge < -0.3 is 18.5 Å². The van der Waals surface area contributed by atoms with Gasteiger partial charge in [-0.15, -0.1) is 0 Å². The van der Waals surface area contributed by atoms with E-state index in [-0.39, 0.29) is 12.0 Å². The first-order chi connectivity index (χ1) is 27.7. The Labute approximate surface area is 322 Å². The highest BCUT2D eigenvalue weighted by molar-refractivity contribution is 6.17. The van der Waals surface area contributed by atoms with Crippen LogP contribution in [-0.2, 0) is 0 Å². The van der Waals surface area contributed by atoms with Crippen LogP contribution in [0.4, 0.5) is 17.1 Å². The maximum Gasteiger partial charge on any atom is 0.143 e. The van der Waals surface area contributed by atoms with Crippen molar-refractivity contribution >= 4 is 77.3 Å². The Kier molecular flexibility index (Phi) is 6.72. The summed E-state index contributed by atoms with van der Waals surface area (Å²) >= 11 is 0. The standard InChI is InChI=1S/C52H33NO3/c1-2-13-36(14-3-1)53(44-19-8-12-32-11-4-5-15-37(32)44)45-20-10-22-49-51(45)41-18-9-17-38(52(41)56-49)35-25-28-48-43(30-35)42-29-33(24-27-47(42)54-48)34-23-26-40-39-16-6-7-21-46(39)55-50(40)31-34/h1-31,40,50H. The minimum atomic E-state index is -0.00702. The molecule has 0 bridgehead atoms. The molecular weight excluding hydrogens is 687 g/mol. The molecule has 0 amide bonds. The third-order valence-corrected chi connectivity index (χ3v) is 11.6. The van der Waals surface area contributed by atoms with Crippen molar-refractivity contribution in [3.8, 4) is 16.9 Å². The van der Waals surface area contributed by atoms with Gasteiger partial charge in [0, 0.05) is 44.3 Å². The van der Waals surface area contributed by atoms with Crippen molar-refractivity contribution in [3.63, 3.8) is 0 Å². The van der Waals surface area contributed by atoms with Crippen molar-refractivity contribution in [2.24, 2.45) is 0 Å². The van der Waals surface area contributed by atoms with E-state index < -0.39 is 0 Å². The first kappa shape index (κ1) is 31.1. The van der Waals surface area contributed by atoms with E-state index in [1.807, 2.05) is 6.07 Å². The molecule has 0 N–H and O–H groups in total. The minimum absolute atomic E-state index is 0.00702. The molecule has 0 radical (unpaired) electrons. The van der Waals surface area contributed by atoms with E-state index in [2.05, 4.69) is 187 Å². The molecule has 3 heterocycles. The van der Waals surface area contributed by atoms with E-state index in [0.717, 1.165) is 89.0 Å². The van der Waals surface area contributed by atoms with Crippen molar-refractivity contribution < 1.29 is 13.6 Å². The van der Waals surface area contributed by atoms with Gasteiger partial charge in [0.05, 0.1) is 16.8 Å². The van der Waals surface area contributed by atoms with E-state index in [4.69, 9.17) is 13.6 Å². The molecule has 8 aromatic carbocycles. The Balaban J connectivity index is 0.987. The van der Waals surface area contributed by atoms with Crippen molar-refractivity contribution in [2.75, 3.05) is 4.90 Å². The van der Waals surface area contributed by atoms with Crippen LogP contribution in [0.1, 0.15) is 17.0 Å². The van der Waals surface area contributed by atoms with Gasteiger partial charge in [-0.1, -0.05) is 121 Å². The summed E-state index contributed by atoms with van der Waals surface area (Å²) in [4.78, 5) is 2.36. The summed E-state index contributed by atoms with van der Waals surface area (Å²) in [6.07, 6.45) is 6.77. The smallest absolute Gasteiger partial charge is 0.143 e. The van der Waals surface area contributed by atoms with Gasteiger partial charge >= 0.3 is 0 Å². The van der Waals surface area contributed by atoms with Crippen LogP contribution in [0.2, 0.25) is 0 Å². The topological polar surface area (TPSA) is 38.8 Å². The van der Waals surface area contributed by atoms with Gasteiger partial charge in [0.25, 0.3) is 0 Å². The monoisotopic (exact) mass is 719 g/mol. The first-order valence-corrected chi connectivity index (χ1v) is 19.2. The Morgan fingerprint density at radius 2 is 1.21 bits per heavy atom. The van der Waals surface area contributed by atoms with Gasteiger partial charge in [0.2, 0.25) is 0 Å². The summed E-state index contributed by atoms with van der Waals surface area (Å²) in [6, 6.07) is 59.9. The zero-order valence-corrected chi connectivity index (χ0v) is 30.2. The van der Waals surface area contributed by atoms with Crippen molar-refractivity contribution in [1.82, 2.24) is 0 Å². The number of ether oxygens (including phenoxy) is 1. The lowest BCUT2D eigenvalue weighted by Gasteiger charge is -2.27. The van der Waals surface area contributed by atoms with E-state index in [1.54, 1.807) is 0 Å². The highest BCUT2D eigenvalue weighted by atomic mass is 16.5. The molecule has 2 aliphatic rings. The van der Waals surface area contributed by atoms with Crippen molar-refractivity contribution in [3.05, 3.63) is 199 Å². The summed E-state index contributed by atoms with van der Waals surface area (Å²) in [5.74, 6) is 1.22. The van der Waals surface area contributed by atoms with Crippen LogP contribution in [0.25, 0.3) is 71.3 Å². The lowest BCUT2D eigenvalue weighted by atomic mass is 9.87.